The highest BCUT2D eigenvalue weighted by Crippen LogP contribution is 2.25. The Morgan fingerprint density at radius 1 is 1.16 bits per heavy atom. The van der Waals surface area contributed by atoms with Crippen molar-refractivity contribution in [3.63, 3.8) is 0 Å². The molecule has 0 atom stereocenters. The zero-order valence-corrected chi connectivity index (χ0v) is 14.6. The van der Waals surface area contributed by atoms with Crippen molar-refractivity contribution in [2.45, 2.75) is 11.1 Å². The lowest BCUT2D eigenvalue weighted by molar-refractivity contribution is -0.178. The van der Waals surface area contributed by atoms with Crippen LogP contribution in [0.15, 0.2) is 29.2 Å². The summed E-state index contributed by atoms with van der Waals surface area (Å²) in [4.78, 5) is 13.1. The summed E-state index contributed by atoms with van der Waals surface area (Å²) in [6.07, 6.45) is -4.50. The van der Waals surface area contributed by atoms with Crippen molar-refractivity contribution in [2.24, 2.45) is 0 Å². The summed E-state index contributed by atoms with van der Waals surface area (Å²) in [5.74, 6) is -0.612. The molecule has 1 heterocycles. The highest BCUT2D eigenvalue weighted by atomic mass is 35.5. The average Bonchev–Trinajstić information content (AvgIpc) is 2.54. The third-order valence-corrected chi connectivity index (χ3v) is 5.94. The summed E-state index contributed by atoms with van der Waals surface area (Å²) >= 11 is 5.92. The molecule has 1 aromatic carbocycles. The smallest absolute Gasteiger partial charge is 0.362 e. The summed E-state index contributed by atoms with van der Waals surface area (Å²) in [7, 11) is -3.79. The topological polar surface area (TPSA) is 66.9 Å². The van der Waals surface area contributed by atoms with Crippen LogP contribution in [-0.2, 0) is 19.6 Å². The SMILES string of the molecule is O=C(COCC(F)(F)F)N1CCN(S(=O)(=O)c2ccccc2Cl)CC1. The van der Waals surface area contributed by atoms with Gasteiger partial charge in [0, 0.05) is 26.2 Å². The Bertz CT molecular complexity index is 719. The zero-order chi connectivity index (χ0) is 18.7. The molecule has 0 radical (unpaired) electrons. The van der Waals surface area contributed by atoms with Gasteiger partial charge in [-0.15, -0.1) is 0 Å². The van der Waals surface area contributed by atoms with Crippen LogP contribution in [0.25, 0.3) is 0 Å². The van der Waals surface area contributed by atoms with Gasteiger partial charge in [-0.1, -0.05) is 23.7 Å². The molecule has 0 spiro atoms. The summed E-state index contributed by atoms with van der Waals surface area (Å²) in [5.41, 5.74) is 0. The first-order chi connectivity index (χ1) is 11.6. The van der Waals surface area contributed by atoms with Crippen molar-refractivity contribution in [2.75, 3.05) is 39.4 Å². The van der Waals surface area contributed by atoms with Crippen molar-refractivity contribution in [1.29, 1.82) is 0 Å². The van der Waals surface area contributed by atoms with E-state index in [1.165, 1.54) is 21.3 Å². The minimum atomic E-state index is -4.50. The van der Waals surface area contributed by atoms with Gasteiger partial charge in [0.15, 0.2) is 0 Å². The summed E-state index contributed by atoms with van der Waals surface area (Å²) in [6.45, 7) is -2.01. The van der Waals surface area contributed by atoms with Crippen molar-refractivity contribution >= 4 is 27.5 Å². The number of carbonyl (C=O) groups excluding carboxylic acids is 1. The van der Waals surface area contributed by atoms with Crippen molar-refractivity contribution in [1.82, 2.24) is 9.21 Å². The van der Waals surface area contributed by atoms with E-state index < -0.39 is 35.3 Å². The normalized spacial score (nSPS) is 16.9. The fraction of sp³-hybridized carbons (Fsp3) is 0.500. The van der Waals surface area contributed by atoms with Gasteiger partial charge in [-0.25, -0.2) is 8.42 Å². The lowest BCUT2D eigenvalue weighted by atomic mass is 10.3. The minimum Gasteiger partial charge on any atom is -0.362 e. The van der Waals surface area contributed by atoms with Crippen molar-refractivity contribution in [3.05, 3.63) is 29.3 Å². The van der Waals surface area contributed by atoms with E-state index in [9.17, 15) is 26.4 Å². The average molecular weight is 401 g/mol. The molecule has 140 valence electrons. The van der Waals surface area contributed by atoms with Crippen LogP contribution in [0.5, 0.6) is 0 Å². The number of rotatable bonds is 5. The van der Waals surface area contributed by atoms with E-state index in [2.05, 4.69) is 4.74 Å². The number of alkyl halides is 3. The van der Waals surface area contributed by atoms with Crippen LogP contribution in [0, 0.1) is 0 Å². The quantitative estimate of drug-likeness (QED) is 0.755. The third kappa shape index (κ3) is 5.30. The number of halogens is 4. The zero-order valence-electron chi connectivity index (χ0n) is 13.0. The van der Waals surface area contributed by atoms with E-state index in [4.69, 9.17) is 11.6 Å². The molecule has 1 fully saturated rings. The second-order valence-electron chi connectivity index (χ2n) is 5.32. The lowest BCUT2D eigenvalue weighted by Gasteiger charge is -2.34. The van der Waals surface area contributed by atoms with Gasteiger partial charge in [0.2, 0.25) is 15.9 Å². The van der Waals surface area contributed by atoms with E-state index in [0.717, 1.165) is 0 Å². The first kappa shape index (κ1) is 20.0. The van der Waals surface area contributed by atoms with Crippen LogP contribution in [0.2, 0.25) is 5.02 Å². The number of sulfonamides is 1. The summed E-state index contributed by atoms with van der Waals surface area (Å²) < 4.78 is 66.6. The van der Waals surface area contributed by atoms with Gasteiger partial charge >= 0.3 is 6.18 Å². The van der Waals surface area contributed by atoms with Crippen LogP contribution < -0.4 is 0 Å². The fourth-order valence-electron chi connectivity index (χ4n) is 2.32. The summed E-state index contributed by atoms with van der Waals surface area (Å²) in [6, 6.07) is 6.02. The van der Waals surface area contributed by atoms with Crippen LogP contribution in [0.3, 0.4) is 0 Å². The molecule has 25 heavy (non-hydrogen) atoms. The van der Waals surface area contributed by atoms with Gasteiger partial charge in [0.05, 0.1) is 5.02 Å². The number of piperazine rings is 1. The number of amides is 1. The molecule has 1 amide bonds. The minimum absolute atomic E-state index is 0.0232. The molecule has 6 nitrogen and oxygen atoms in total. The molecule has 1 saturated heterocycles. The van der Waals surface area contributed by atoms with E-state index in [-0.39, 0.29) is 36.1 Å². The molecule has 11 heteroatoms. The maximum absolute atomic E-state index is 12.6. The van der Waals surface area contributed by atoms with E-state index >= 15 is 0 Å². The van der Waals surface area contributed by atoms with Crippen LogP contribution in [-0.4, -0.2) is 69.1 Å². The maximum atomic E-state index is 12.6. The molecule has 0 aliphatic carbocycles. The largest absolute Gasteiger partial charge is 0.411 e. The molecule has 0 unspecified atom stereocenters. The van der Waals surface area contributed by atoms with Crippen molar-refractivity contribution in [3.8, 4) is 0 Å². The van der Waals surface area contributed by atoms with Crippen LogP contribution in [0.4, 0.5) is 13.2 Å². The Morgan fingerprint density at radius 2 is 1.76 bits per heavy atom. The monoisotopic (exact) mass is 400 g/mol. The molecular formula is C14H16ClF3N2O4S. The Labute approximate surface area is 148 Å². The van der Waals surface area contributed by atoms with Crippen LogP contribution in [0.1, 0.15) is 0 Å². The first-order valence-electron chi connectivity index (χ1n) is 7.28. The third-order valence-electron chi connectivity index (χ3n) is 3.54. The van der Waals surface area contributed by atoms with Gasteiger partial charge in [0.1, 0.15) is 18.1 Å². The Kier molecular flexibility index (Phi) is 6.30. The lowest BCUT2D eigenvalue weighted by Crippen LogP contribution is -2.51. The van der Waals surface area contributed by atoms with Gasteiger partial charge in [-0.05, 0) is 12.1 Å². The molecule has 0 N–H and O–H groups in total. The Morgan fingerprint density at radius 3 is 2.32 bits per heavy atom. The predicted octanol–water partition coefficient (Wildman–Crippen LogP) is 1.75. The molecule has 0 aromatic heterocycles. The number of benzene rings is 1. The highest BCUT2D eigenvalue weighted by molar-refractivity contribution is 7.89. The molecule has 1 aromatic rings. The maximum Gasteiger partial charge on any atom is 0.411 e. The second-order valence-corrected chi connectivity index (χ2v) is 7.64. The van der Waals surface area contributed by atoms with Crippen molar-refractivity contribution < 1.29 is 31.1 Å². The number of ether oxygens (including phenoxy) is 1. The fourth-order valence-corrected chi connectivity index (χ4v) is 4.23. The molecule has 1 aliphatic heterocycles. The molecule has 2 rings (SSSR count). The van der Waals surface area contributed by atoms with Gasteiger partial charge < -0.3 is 9.64 Å². The summed E-state index contributed by atoms with van der Waals surface area (Å²) in [5, 5.41) is 0.0987. The number of hydrogen-bond donors (Lipinski definition) is 0. The molecule has 1 aliphatic rings. The van der Waals surface area contributed by atoms with E-state index in [1.807, 2.05) is 0 Å². The number of carbonyl (C=O) groups is 1. The van der Waals surface area contributed by atoms with Gasteiger partial charge in [-0.2, -0.15) is 17.5 Å². The second kappa shape index (κ2) is 7.90. The Balaban J connectivity index is 1.91. The number of nitrogens with zero attached hydrogens (tertiary/aromatic N) is 2. The Hall–Kier alpha value is -1.36. The predicted molar refractivity (Wildman–Crippen MR) is 83.7 cm³/mol. The first-order valence-corrected chi connectivity index (χ1v) is 9.10. The van der Waals surface area contributed by atoms with E-state index in [1.54, 1.807) is 12.1 Å². The molecule has 0 saturated carbocycles. The standard InChI is InChI=1S/C14H16ClF3N2O4S/c15-11-3-1-2-4-12(11)25(22,23)20-7-5-19(6-8-20)13(21)9-24-10-14(16,17)18/h1-4H,5-10H2. The number of hydrogen-bond acceptors (Lipinski definition) is 4. The van der Waals surface area contributed by atoms with E-state index in [0.29, 0.717) is 0 Å². The molecular weight excluding hydrogens is 385 g/mol. The highest BCUT2D eigenvalue weighted by Gasteiger charge is 2.32. The van der Waals surface area contributed by atoms with Gasteiger partial charge in [-0.3, -0.25) is 4.79 Å². The molecule has 0 bridgehead atoms. The van der Waals surface area contributed by atoms with Crippen LogP contribution >= 0.6 is 11.6 Å². The van der Waals surface area contributed by atoms with Gasteiger partial charge in [0.25, 0.3) is 0 Å².